The fourth-order valence-electron chi connectivity index (χ4n) is 1.12. The highest BCUT2D eigenvalue weighted by molar-refractivity contribution is 9.08. The van der Waals surface area contributed by atoms with Crippen LogP contribution in [-0.4, -0.2) is 16.1 Å². The van der Waals surface area contributed by atoms with Crippen LogP contribution in [0.2, 0.25) is 0 Å². The van der Waals surface area contributed by atoms with Crippen molar-refractivity contribution in [2.24, 2.45) is 0 Å². The number of anilines is 1. The lowest BCUT2D eigenvalue weighted by Crippen LogP contribution is -2.10. The minimum atomic E-state index is -2.89. The van der Waals surface area contributed by atoms with Crippen molar-refractivity contribution < 1.29 is 18.7 Å². The molecule has 0 unspecified atom stereocenters. The molecule has 0 atom stereocenters. The molecule has 82 valence electrons. The highest BCUT2D eigenvalue weighted by Gasteiger charge is 2.22. The van der Waals surface area contributed by atoms with Gasteiger partial charge in [0.05, 0.1) is 5.69 Å². The number of halogens is 3. The largest absolute Gasteiger partial charge is 0.478 e. The molecule has 0 aliphatic rings. The van der Waals surface area contributed by atoms with E-state index in [-0.39, 0.29) is 11.0 Å². The summed E-state index contributed by atoms with van der Waals surface area (Å²) in [7, 11) is 0. The molecule has 0 radical (unpaired) electrons. The number of hydrogen-bond acceptors (Lipinski definition) is 3. The molecular weight excluding hydrogens is 274 g/mol. The molecule has 0 fully saturated rings. The first-order valence-corrected chi connectivity index (χ1v) is 4.96. The fourth-order valence-corrected chi connectivity index (χ4v) is 1.40. The van der Waals surface area contributed by atoms with Crippen molar-refractivity contribution in [3.05, 3.63) is 22.9 Å². The van der Waals surface area contributed by atoms with Gasteiger partial charge < -0.3 is 10.8 Å². The second-order valence-corrected chi connectivity index (χ2v) is 3.26. The van der Waals surface area contributed by atoms with E-state index < -0.39 is 29.3 Å². The number of alkyl halides is 3. The molecule has 0 bridgehead atoms. The van der Waals surface area contributed by atoms with E-state index >= 15 is 0 Å². The normalized spacial score (nSPS) is 10.7. The predicted octanol–water partition coefficient (Wildman–Crippen LogP) is 2.19. The summed E-state index contributed by atoms with van der Waals surface area (Å²) in [6.07, 6.45) is -2.89. The number of nitrogens with zero attached hydrogens (tertiary/aromatic N) is 1. The smallest absolute Gasteiger partial charge is 0.339 e. The molecule has 7 heteroatoms. The quantitative estimate of drug-likeness (QED) is 0.833. The lowest BCUT2D eigenvalue weighted by Gasteiger charge is -2.09. The van der Waals surface area contributed by atoms with Gasteiger partial charge in [0, 0.05) is 10.9 Å². The number of pyridine rings is 1. The van der Waals surface area contributed by atoms with Gasteiger partial charge in [-0.05, 0) is 6.07 Å². The van der Waals surface area contributed by atoms with Gasteiger partial charge in [-0.3, -0.25) is 0 Å². The standard InChI is InChI=1S/C8H7BrF2N2O2/c9-2-3-1-4(6(10)11)5(8(14)15)7(12)13-3/h1,6H,2H2,(H2,12,13)(H,14,15). The number of nitrogen functional groups attached to an aromatic ring is 1. The molecular formula is C8H7BrF2N2O2. The summed E-state index contributed by atoms with van der Waals surface area (Å²) in [5.41, 5.74) is 4.32. The first kappa shape index (κ1) is 11.8. The Labute approximate surface area is 92.2 Å². The predicted molar refractivity (Wildman–Crippen MR) is 53.2 cm³/mol. The number of carbonyl (C=O) groups is 1. The van der Waals surface area contributed by atoms with Crippen LogP contribution < -0.4 is 5.73 Å². The van der Waals surface area contributed by atoms with Crippen LogP contribution in [0.3, 0.4) is 0 Å². The summed E-state index contributed by atoms with van der Waals surface area (Å²) in [5.74, 6) is -1.90. The summed E-state index contributed by atoms with van der Waals surface area (Å²) in [5, 5.41) is 8.93. The Bertz CT molecular complexity index is 398. The van der Waals surface area contributed by atoms with Crippen molar-refractivity contribution in [1.82, 2.24) is 4.98 Å². The molecule has 4 nitrogen and oxygen atoms in total. The first-order valence-electron chi connectivity index (χ1n) is 3.84. The maximum absolute atomic E-state index is 12.5. The highest BCUT2D eigenvalue weighted by Crippen LogP contribution is 2.27. The van der Waals surface area contributed by atoms with E-state index in [1.807, 2.05) is 0 Å². The Hall–Kier alpha value is -1.24. The zero-order valence-electron chi connectivity index (χ0n) is 7.38. The Balaban J connectivity index is 3.42. The van der Waals surface area contributed by atoms with Crippen LogP contribution in [0, 0.1) is 0 Å². The number of carboxylic acid groups (broad SMARTS) is 1. The van der Waals surface area contributed by atoms with E-state index in [4.69, 9.17) is 10.8 Å². The Kier molecular flexibility index (Phi) is 3.57. The number of aromatic carboxylic acids is 1. The second kappa shape index (κ2) is 4.52. The third-order valence-electron chi connectivity index (χ3n) is 1.72. The van der Waals surface area contributed by atoms with E-state index in [9.17, 15) is 13.6 Å². The molecule has 1 aromatic rings. The molecule has 0 aliphatic carbocycles. The zero-order valence-corrected chi connectivity index (χ0v) is 8.96. The van der Waals surface area contributed by atoms with Crippen molar-refractivity contribution in [2.45, 2.75) is 11.8 Å². The maximum atomic E-state index is 12.5. The Morgan fingerprint density at radius 1 is 1.67 bits per heavy atom. The number of rotatable bonds is 3. The zero-order chi connectivity index (χ0) is 11.6. The summed E-state index contributed by atoms with van der Waals surface area (Å²) in [4.78, 5) is 14.4. The van der Waals surface area contributed by atoms with Gasteiger partial charge in [-0.1, -0.05) is 15.9 Å². The Morgan fingerprint density at radius 2 is 2.27 bits per heavy atom. The second-order valence-electron chi connectivity index (χ2n) is 2.70. The van der Waals surface area contributed by atoms with E-state index in [2.05, 4.69) is 20.9 Å². The van der Waals surface area contributed by atoms with Crippen LogP contribution >= 0.6 is 15.9 Å². The van der Waals surface area contributed by atoms with Crippen LogP contribution in [-0.2, 0) is 5.33 Å². The van der Waals surface area contributed by atoms with Gasteiger partial charge in [0.15, 0.2) is 0 Å². The molecule has 0 amide bonds. The topological polar surface area (TPSA) is 76.2 Å². The van der Waals surface area contributed by atoms with Gasteiger partial charge in [0.2, 0.25) is 0 Å². The number of carboxylic acids is 1. The van der Waals surface area contributed by atoms with Crippen LogP contribution in [0.1, 0.15) is 28.0 Å². The van der Waals surface area contributed by atoms with E-state index in [1.165, 1.54) is 0 Å². The van der Waals surface area contributed by atoms with Gasteiger partial charge in [0.1, 0.15) is 11.4 Å². The van der Waals surface area contributed by atoms with Crippen LogP contribution in [0.5, 0.6) is 0 Å². The summed E-state index contributed by atoms with van der Waals surface area (Å²) >= 11 is 3.03. The van der Waals surface area contributed by atoms with Gasteiger partial charge in [0.25, 0.3) is 6.43 Å². The molecule has 1 heterocycles. The Morgan fingerprint density at radius 3 is 2.67 bits per heavy atom. The third kappa shape index (κ3) is 2.41. The van der Waals surface area contributed by atoms with Crippen LogP contribution in [0.4, 0.5) is 14.6 Å². The van der Waals surface area contributed by atoms with Crippen molar-refractivity contribution in [3.63, 3.8) is 0 Å². The van der Waals surface area contributed by atoms with E-state index in [1.54, 1.807) is 0 Å². The van der Waals surface area contributed by atoms with Gasteiger partial charge in [-0.2, -0.15) is 0 Å². The van der Waals surface area contributed by atoms with Crippen molar-refractivity contribution in [2.75, 3.05) is 5.73 Å². The average Bonchev–Trinajstić information content (AvgIpc) is 2.15. The molecule has 15 heavy (non-hydrogen) atoms. The third-order valence-corrected chi connectivity index (χ3v) is 2.29. The van der Waals surface area contributed by atoms with Crippen molar-refractivity contribution in [3.8, 4) is 0 Å². The van der Waals surface area contributed by atoms with Crippen LogP contribution in [0.15, 0.2) is 6.07 Å². The summed E-state index contributed by atoms with van der Waals surface area (Å²) in [6.45, 7) is 0. The molecule has 0 saturated heterocycles. The highest BCUT2D eigenvalue weighted by atomic mass is 79.9. The monoisotopic (exact) mass is 280 g/mol. The lowest BCUT2D eigenvalue weighted by atomic mass is 10.1. The van der Waals surface area contributed by atoms with Crippen molar-refractivity contribution in [1.29, 1.82) is 0 Å². The molecule has 0 saturated carbocycles. The van der Waals surface area contributed by atoms with Gasteiger partial charge >= 0.3 is 5.97 Å². The average molecular weight is 281 g/mol. The number of aromatic nitrogens is 1. The fraction of sp³-hybridized carbons (Fsp3) is 0.250. The first-order chi connectivity index (χ1) is 6.97. The molecule has 0 aliphatic heterocycles. The summed E-state index contributed by atoms with van der Waals surface area (Å²) < 4.78 is 25.0. The molecule has 1 aromatic heterocycles. The lowest BCUT2D eigenvalue weighted by molar-refractivity contribution is 0.0685. The van der Waals surface area contributed by atoms with Gasteiger partial charge in [-0.15, -0.1) is 0 Å². The van der Waals surface area contributed by atoms with E-state index in [0.29, 0.717) is 0 Å². The molecule has 3 N–H and O–H groups in total. The molecule has 0 aromatic carbocycles. The van der Waals surface area contributed by atoms with Crippen molar-refractivity contribution >= 4 is 27.7 Å². The minimum Gasteiger partial charge on any atom is -0.478 e. The van der Waals surface area contributed by atoms with E-state index in [0.717, 1.165) is 6.07 Å². The number of nitrogens with two attached hydrogens (primary N) is 1. The maximum Gasteiger partial charge on any atom is 0.339 e. The summed E-state index contributed by atoms with van der Waals surface area (Å²) in [6, 6.07) is 1.03. The number of hydrogen-bond donors (Lipinski definition) is 2. The SMILES string of the molecule is Nc1nc(CBr)cc(C(F)F)c1C(=O)O. The molecule has 1 rings (SSSR count). The van der Waals surface area contributed by atoms with Gasteiger partial charge in [-0.25, -0.2) is 18.6 Å². The minimum absolute atomic E-state index is 0.233. The molecule has 0 spiro atoms. The van der Waals surface area contributed by atoms with Crippen LogP contribution in [0.25, 0.3) is 0 Å².